The highest BCUT2D eigenvalue weighted by molar-refractivity contribution is 7.99. The second kappa shape index (κ2) is 10.4. The van der Waals surface area contributed by atoms with Gasteiger partial charge in [0.25, 0.3) is 0 Å². The summed E-state index contributed by atoms with van der Waals surface area (Å²) in [6.07, 6.45) is -0.542. The molecule has 32 heavy (non-hydrogen) atoms. The summed E-state index contributed by atoms with van der Waals surface area (Å²) in [5.41, 5.74) is 1.09. The number of aromatic nitrogens is 3. The number of carbonyl (C=O) groups is 2. The van der Waals surface area contributed by atoms with Crippen LogP contribution in [0.25, 0.3) is 0 Å². The van der Waals surface area contributed by atoms with Gasteiger partial charge in [0.05, 0.1) is 5.75 Å². The van der Waals surface area contributed by atoms with Gasteiger partial charge >= 0.3 is 0 Å². The highest BCUT2D eigenvalue weighted by Crippen LogP contribution is 2.28. The van der Waals surface area contributed by atoms with Crippen LogP contribution in [-0.4, -0.2) is 32.2 Å². The average Bonchev–Trinajstić information content (AvgIpc) is 3.18. The molecule has 0 aliphatic rings. The second-order valence-electron chi connectivity index (χ2n) is 7.47. The number of halogens is 1. The van der Waals surface area contributed by atoms with Gasteiger partial charge in [-0.15, -0.1) is 10.2 Å². The number of para-hydroxylation sites is 1. The fraction of sp³-hybridized carbons (Fsp3) is 0.304. The molecule has 7 nitrogen and oxygen atoms in total. The number of rotatable bonds is 9. The molecular weight excluding hydrogens is 431 g/mol. The number of thioether (sulfide) groups is 1. The van der Waals surface area contributed by atoms with Gasteiger partial charge in [-0.2, -0.15) is 0 Å². The van der Waals surface area contributed by atoms with Crippen molar-refractivity contribution in [1.82, 2.24) is 14.8 Å². The fourth-order valence-corrected chi connectivity index (χ4v) is 3.95. The SMILES string of the molecule is CC(=O)c1cccc(NC(=O)CSc2nnc(C(C)Oc3ccccc3F)n2C(C)C)c1. The summed E-state index contributed by atoms with van der Waals surface area (Å²) in [7, 11) is 0. The molecule has 2 aromatic carbocycles. The van der Waals surface area contributed by atoms with Crippen LogP contribution in [0, 0.1) is 5.82 Å². The van der Waals surface area contributed by atoms with Crippen LogP contribution in [0.3, 0.4) is 0 Å². The third-order valence-corrected chi connectivity index (χ3v) is 5.54. The minimum Gasteiger partial charge on any atom is -0.480 e. The van der Waals surface area contributed by atoms with E-state index in [0.717, 1.165) is 0 Å². The fourth-order valence-electron chi connectivity index (χ4n) is 3.08. The van der Waals surface area contributed by atoms with Crippen LogP contribution >= 0.6 is 11.8 Å². The average molecular weight is 457 g/mol. The van der Waals surface area contributed by atoms with Crippen LogP contribution in [0.1, 0.15) is 56.0 Å². The number of ketones is 1. The molecule has 0 fully saturated rings. The number of Topliss-reactive ketones (excluding diaryl/α,β-unsaturated/α-hetero) is 1. The molecule has 1 amide bonds. The molecule has 1 heterocycles. The molecule has 0 radical (unpaired) electrons. The van der Waals surface area contributed by atoms with Gasteiger partial charge in [-0.1, -0.05) is 36.0 Å². The predicted molar refractivity (Wildman–Crippen MR) is 122 cm³/mol. The van der Waals surface area contributed by atoms with Crippen LogP contribution < -0.4 is 10.1 Å². The third kappa shape index (κ3) is 5.73. The molecule has 1 aromatic heterocycles. The van der Waals surface area contributed by atoms with Crippen molar-refractivity contribution in [2.24, 2.45) is 0 Å². The topological polar surface area (TPSA) is 86.1 Å². The molecule has 0 saturated heterocycles. The molecule has 0 bridgehead atoms. The minimum atomic E-state index is -0.542. The first-order valence-corrected chi connectivity index (χ1v) is 11.1. The van der Waals surface area contributed by atoms with Gasteiger partial charge in [-0.3, -0.25) is 9.59 Å². The number of nitrogens with one attached hydrogen (secondary N) is 1. The first kappa shape index (κ1) is 23.5. The van der Waals surface area contributed by atoms with Crippen molar-refractivity contribution in [3.63, 3.8) is 0 Å². The van der Waals surface area contributed by atoms with Crippen molar-refractivity contribution in [3.05, 3.63) is 65.7 Å². The standard InChI is InChI=1S/C23H25FN4O3S/c1-14(2)28-22(16(4)31-20-11-6-5-10-19(20)24)26-27-23(28)32-13-21(30)25-18-9-7-8-17(12-18)15(3)29/h5-12,14,16H,13H2,1-4H3,(H,25,30). The van der Waals surface area contributed by atoms with Gasteiger partial charge in [-0.05, 0) is 52.0 Å². The molecule has 9 heteroatoms. The number of anilines is 1. The van der Waals surface area contributed by atoms with E-state index in [0.29, 0.717) is 22.2 Å². The lowest BCUT2D eigenvalue weighted by Crippen LogP contribution is -2.17. The number of hydrogen-bond acceptors (Lipinski definition) is 6. The molecule has 0 aliphatic heterocycles. The van der Waals surface area contributed by atoms with Gasteiger partial charge in [0.15, 0.2) is 34.4 Å². The molecule has 1 unspecified atom stereocenters. The van der Waals surface area contributed by atoms with Crippen LogP contribution in [-0.2, 0) is 4.79 Å². The van der Waals surface area contributed by atoms with Gasteiger partial charge in [0, 0.05) is 17.3 Å². The zero-order chi connectivity index (χ0) is 23.3. The number of ether oxygens (including phenoxy) is 1. The van der Waals surface area contributed by atoms with Crippen LogP contribution in [0.15, 0.2) is 53.7 Å². The van der Waals surface area contributed by atoms with E-state index in [1.165, 1.54) is 24.8 Å². The zero-order valence-corrected chi connectivity index (χ0v) is 19.1. The first-order valence-electron chi connectivity index (χ1n) is 10.2. The molecule has 1 N–H and O–H groups in total. The maximum atomic E-state index is 14.0. The van der Waals surface area contributed by atoms with E-state index in [4.69, 9.17) is 4.74 Å². The quantitative estimate of drug-likeness (QED) is 0.357. The lowest BCUT2D eigenvalue weighted by Gasteiger charge is -2.19. The smallest absolute Gasteiger partial charge is 0.234 e. The number of amides is 1. The van der Waals surface area contributed by atoms with E-state index in [-0.39, 0.29) is 29.2 Å². The zero-order valence-electron chi connectivity index (χ0n) is 18.3. The molecular formula is C23H25FN4O3S. The Kier molecular flexibility index (Phi) is 7.63. The van der Waals surface area contributed by atoms with Crippen molar-refractivity contribution in [2.75, 3.05) is 11.1 Å². The Morgan fingerprint density at radius 2 is 1.88 bits per heavy atom. The van der Waals surface area contributed by atoms with Crippen molar-refractivity contribution in [3.8, 4) is 5.75 Å². The van der Waals surface area contributed by atoms with Crippen molar-refractivity contribution in [2.45, 2.75) is 45.0 Å². The second-order valence-corrected chi connectivity index (χ2v) is 8.41. The summed E-state index contributed by atoms with van der Waals surface area (Å²) in [4.78, 5) is 23.9. The molecule has 0 saturated carbocycles. The molecule has 0 aliphatic carbocycles. The maximum absolute atomic E-state index is 14.0. The summed E-state index contributed by atoms with van der Waals surface area (Å²) in [5.74, 6) is 0.0404. The van der Waals surface area contributed by atoms with Gasteiger partial charge in [-0.25, -0.2) is 4.39 Å². The van der Waals surface area contributed by atoms with Crippen molar-refractivity contribution >= 4 is 29.1 Å². The Bertz CT molecular complexity index is 1120. The van der Waals surface area contributed by atoms with Crippen LogP contribution in [0.2, 0.25) is 0 Å². The van der Waals surface area contributed by atoms with Crippen LogP contribution in [0.5, 0.6) is 5.75 Å². The predicted octanol–water partition coefficient (Wildman–Crippen LogP) is 5.07. The summed E-state index contributed by atoms with van der Waals surface area (Å²) < 4.78 is 21.6. The molecule has 0 spiro atoms. The highest BCUT2D eigenvalue weighted by atomic mass is 32.2. The third-order valence-electron chi connectivity index (χ3n) is 4.60. The van der Waals surface area contributed by atoms with E-state index in [9.17, 15) is 14.0 Å². The lowest BCUT2D eigenvalue weighted by atomic mass is 10.1. The van der Waals surface area contributed by atoms with E-state index in [1.807, 2.05) is 18.4 Å². The summed E-state index contributed by atoms with van der Waals surface area (Å²) in [6, 6.07) is 13.0. The van der Waals surface area contributed by atoms with E-state index >= 15 is 0 Å². The summed E-state index contributed by atoms with van der Waals surface area (Å²) >= 11 is 1.24. The van der Waals surface area contributed by atoms with Gasteiger partial charge < -0.3 is 14.6 Å². The Hall–Kier alpha value is -3.20. The normalized spacial score (nSPS) is 11.9. The van der Waals surface area contributed by atoms with E-state index in [2.05, 4.69) is 15.5 Å². The molecule has 3 rings (SSSR count). The molecule has 1 atom stereocenters. The first-order chi connectivity index (χ1) is 15.3. The number of benzene rings is 2. The summed E-state index contributed by atoms with van der Waals surface area (Å²) in [5, 5.41) is 11.8. The van der Waals surface area contributed by atoms with E-state index < -0.39 is 11.9 Å². The van der Waals surface area contributed by atoms with Crippen molar-refractivity contribution < 1.29 is 18.7 Å². The Morgan fingerprint density at radius 1 is 1.12 bits per heavy atom. The van der Waals surface area contributed by atoms with Crippen LogP contribution in [0.4, 0.5) is 10.1 Å². The largest absolute Gasteiger partial charge is 0.480 e. The Labute approximate surface area is 190 Å². The molecule has 168 valence electrons. The Balaban J connectivity index is 1.69. The highest BCUT2D eigenvalue weighted by Gasteiger charge is 2.22. The number of nitrogens with zero attached hydrogens (tertiary/aromatic N) is 3. The van der Waals surface area contributed by atoms with E-state index in [1.54, 1.807) is 49.4 Å². The maximum Gasteiger partial charge on any atom is 0.234 e. The monoisotopic (exact) mass is 456 g/mol. The van der Waals surface area contributed by atoms with Gasteiger partial charge in [0.1, 0.15) is 0 Å². The lowest BCUT2D eigenvalue weighted by molar-refractivity contribution is -0.113. The number of hydrogen-bond donors (Lipinski definition) is 1. The number of carbonyl (C=O) groups excluding carboxylic acids is 2. The van der Waals surface area contributed by atoms with Gasteiger partial charge in [0.2, 0.25) is 5.91 Å². The van der Waals surface area contributed by atoms with Crippen molar-refractivity contribution in [1.29, 1.82) is 0 Å². The minimum absolute atomic E-state index is 0.00415. The molecule has 3 aromatic rings. The summed E-state index contributed by atoms with van der Waals surface area (Å²) in [6.45, 7) is 7.20. The Morgan fingerprint density at radius 3 is 2.56 bits per heavy atom.